The Labute approximate surface area is 254 Å². The molecule has 0 amide bonds. The van der Waals surface area contributed by atoms with Crippen molar-refractivity contribution in [1.29, 1.82) is 0 Å². The summed E-state index contributed by atoms with van der Waals surface area (Å²) in [5.41, 5.74) is 4.31. The van der Waals surface area contributed by atoms with Crippen LogP contribution in [0.2, 0.25) is 0 Å². The van der Waals surface area contributed by atoms with E-state index < -0.39 is 12.1 Å². The Hall–Kier alpha value is -4.32. The third kappa shape index (κ3) is 9.08. The van der Waals surface area contributed by atoms with Crippen molar-refractivity contribution < 1.29 is 28.1 Å². The maximum atomic E-state index is 15.1. The van der Waals surface area contributed by atoms with Crippen LogP contribution in [0.3, 0.4) is 0 Å². The molecule has 0 spiro atoms. The summed E-state index contributed by atoms with van der Waals surface area (Å²) in [4.78, 5) is 12.2. The molecule has 0 N–H and O–H groups in total. The number of hydrogen-bond acceptors (Lipinski definition) is 5. The summed E-state index contributed by atoms with van der Waals surface area (Å²) in [5.74, 6) is 0.291. The maximum Gasteiger partial charge on any atom is 0.346 e. The number of carbonyl (C=O) groups is 1. The number of methoxy groups -OCH3 is 1. The van der Waals surface area contributed by atoms with Crippen LogP contribution in [0.1, 0.15) is 57.9 Å². The largest absolute Gasteiger partial charge is 0.491 e. The van der Waals surface area contributed by atoms with Crippen molar-refractivity contribution in [2.24, 2.45) is 0 Å². The van der Waals surface area contributed by atoms with Crippen LogP contribution in [0.5, 0.6) is 17.2 Å². The van der Waals surface area contributed by atoms with E-state index in [9.17, 15) is 4.79 Å². The van der Waals surface area contributed by atoms with Crippen LogP contribution in [0, 0.1) is 5.82 Å². The quantitative estimate of drug-likeness (QED) is 0.0970. The number of ether oxygens (including phenoxy) is 4. The van der Waals surface area contributed by atoms with Gasteiger partial charge in [0.15, 0.2) is 29.2 Å². The van der Waals surface area contributed by atoms with Gasteiger partial charge in [0.25, 0.3) is 0 Å². The van der Waals surface area contributed by atoms with Gasteiger partial charge in [-0.05, 0) is 65.4 Å². The Morgan fingerprint density at radius 1 is 0.721 bits per heavy atom. The van der Waals surface area contributed by atoms with Gasteiger partial charge < -0.3 is 18.9 Å². The standard InChI is InChI=1S/C37H41FO5/c1-4-5-6-7-8-14-23-41-34-21-19-29(24-33(34)38)31-17-12-13-18-32(31)30-20-22-35(42-26-28-15-10-9-11-16-28)36(25-30)43-27(2)37(39)40-3/h9-13,15-22,24-25,27H,4-8,14,23,26H2,1-3H3/t27-/m0/s1. The van der Waals surface area contributed by atoms with Crippen molar-refractivity contribution in [3.8, 4) is 39.5 Å². The summed E-state index contributed by atoms with van der Waals surface area (Å²) in [6, 6.07) is 28.3. The first-order valence-corrected chi connectivity index (χ1v) is 15.1. The van der Waals surface area contributed by atoms with Crippen LogP contribution in [-0.2, 0) is 16.1 Å². The zero-order chi connectivity index (χ0) is 30.4. The van der Waals surface area contributed by atoms with E-state index >= 15 is 4.39 Å². The Balaban J connectivity index is 1.55. The van der Waals surface area contributed by atoms with Gasteiger partial charge in [0.1, 0.15) is 6.61 Å². The fourth-order valence-electron chi connectivity index (χ4n) is 4.86. The third-order valence-corrected chi connectivity index (χ3v) is 7.25. The summed E-state index contributed by atoms with van der Waals surface area (Å²) < 4.78 is 37.9. The lowest BCUT2D eigenvalue weighted by Crippen LogP contribution is -2.25. The maximum absolute atomic E-state index is 15.1. The van der Waals surface area contributed by atoms with Gasteiger partial charge in [-0.25, -0.2) is 9.18 Å². The number of benzene rings is 4. The zero-order valence-corrected chi connectivity index (χ0v) is 25.3. The van der Waals surface area contributed by atoms with Crippen LogP contribution in [0.25, 0.3) is 22.3 Å². The van der Waals surface area contributed by atoms with Crippen molar-refractivity contribution in [2.45, 2.75) is 65.1 Å². The summed E-state index contributed by atoms with van der Waals surface area (Å²) in [5, 5.41) is 0. The van der Waals surface area contributed by atoms with Gasteiger partial charge in [-0.2, -0.15) is 0 Å². The van der Waals surface area contributed by atoms with Crippen LogP contribution >= 0.6 is 0 Å². The van der Waals surface area contributed by atoms with E-state index in [0.29, 0.717) is 24.7 Å². The molecule has 4 aromatic carbocycles. The first-order chi connectivity index (χ1) is 21.0. The van der Waals surface area contributed by atoms with E-state index in [0.717, 1.165) is 40.7 Å². The van der Waals surface area contributed by atoms with Crippen molar-refractivity contribution >= 4 is 5.97 Å². The highest BCUT2D eigenvalue weighted by Crippen LogP contribution is 2.39. The average Bonchev–Trinajstić information content (AvgIpc) is 3.04. The molecule has 226 valence electrons. The number of rotatable bonds is 16. The lowest BCUT2D eigenvalue weighted by atomic mass is 9.94. The first kappa shape index (κ1) is 31.6. The normalized spacial score (nSPS) is 11.5. The highest BCUT2D eigenvalue weighted by atomic mass is 19.1. The number of halogens is 1. The minimum Gasteiger partial charge on any atom is -0.491 e. The molecule has 0 saturated carbocycles. The van der Waals surface area contributed by atoms with Gasteiger partial charge in [0, 0.05) is 0 Å². The predicted molar refractivity (Wildman–Crippen MR) is 169 cm³/mol. The molecule has 0 heterocycles. The summed E-state index contributed by atoms with van der Waals surface area (Å²) in [6.45, 7) is 4.68. The SMILES string of the molecule is CCCCCCCCOc1ccc(-c2ccccc2-c2ccc(OCc3ccccc3)c(O[C@@H](C)C(=O)OC)c2)cc1F. The molecule has 0 saturated heterocycles. The van der Waals surface area contributed by atoms with E-state index in [1.165, 1.54) is 38.9 Å². The fourth-order valence-corrected chi connectivity index (χ4v) is 4.86. The molecule has 0 fully saturated rings. The van der Waals surface area contributed by atoms with Gasteiger partial charge in [-0.1, -0.05) is 106 Å². The van der Waals surface area contributed by atoms with Crippen LogP contribution in [-0.4, -0.2) is 25.8 Å². The topological polar surface area (TPSA) is 54.0 Å². The van der Waals surface area contributed by atoms with E-state index in [1.54, 1.807) is 13.0 Å². The van der Waals surface area contributed by atoms with E-state index in [1.807, 2.05) is 78.9 Å². The lowest BCUT2D eigenvalue weighted by Gasteiger charge is -2.18. The molecule has 0 bridgehead atoms. The van der Waals surface area contributed by atoms with Gasteiger partial charge >= 0.3 is 5.97 Å². The third-order valence-electron chi connectivity index (χ3n) is 7.25. The van der Waals surface area contributed by atoms with E-state index in [4.69, 9.17) is 18.9 Å². The molecule has 6 heteroatoms. The molecule has 0 aromatic heterocycles. The van der Waals surface area contributed by atoms with Gasteiger partial charge in [-0.3, -0.25) is 0 Å². The molecule has 43 heavy (non-hydrogen) atoms. The molecule has 0 aliphatic rings. The molecular weight excluding hydrogens is 543 g/mol. The lowest BCUT2D eigenvalue weighted by molar-refractivity contribution is -0.147. The van der Waals surface area contributed by atoms with Crippen molar-refractivity contribution in [2.75, 3.05) is 13.7 Å². The van der Waals surface area contributed by atoms with Crippen molar-refractivity contribution in [3.05, 3.63) is 102 Å². The minimum absolute atomic E-state index is 0.266. The van der Waals surface area contributed by atoms with Gasteiger partial charge in [0.2, 0.25) is 0 Å². The van der Waals surface area contributed by atoms with Crippen LogP contribution < -0.4 is 14.2 Å². The molecule has 4 rings (SSSR count). The van der Waals surface area contributed by atoms with Crippen LogP contribution in [0.4, 0.5) is 4.39 Å². The Kier molecular flexibility index (Phi) is 12.0. The fraction of sp³-hybridized carbons (Fsp3) is 0.324. The molecule has 0 unspecified atom stereocenters. The predicted octanol–water partition coefficient (Wildman–Crippen LogP) is 9.42. The average molecular weight is 585 g/mol. The summed E-state index contributed by atoms with van der Waals surface area (Å²) >= 11 is 0. The monoisotopic (exact) mass is 584 g/mol. The second-order valence-electron chi connectivity index (χ2n) is 10.5. The zero-order valence-electron chi connectivity index (χ0n) is 25.3. The number of hydrogen-bond donors (Lipinski definition) is 0. The molecule has 0 radical (unpaired) electrons. The van der Waals surface area contributed by atoms with Gasteiger partial charge in [-0.15, -0.1) is 0 Å². The Morgan fingerprint density at radius 2 is 1.35 bits per heavy atom. The first-order valence-electron chi connectivity index (χ1n) is 15.1. The second kappa shape index (κ2) is 16.4. The van der Waals surface area contributed by atoms with Crippen molar-refractivity contribution in [1.82, 2.24) is 0 Å². The van der Waals surface area contributed by atoms with E-state index in [-0.39, 0.29) is 11.6 Å². The molecule has 5 nitrogen and oxygen atoms in total. The highest BCUT2D eigenvalue weighted by molar-refractivity contribution is 5.84. The van der Waals surface area contributed by atoms with Crippen molar-refractivity contribution in [3.63, 3.8) is 0 Å². The Morgan fingerprint density at radius 3 is 2.02 bits per heavy atom. The molecule has 1 atom stereocenters. The van der Waals surface area contributed by atoms with E-state index in [2.05, 4.69) is 6.92 Å². The molecular formula is C37H41FO5. The Bertz CT molecular complexity index is 1450. The molecule has 0 aliphatic carbocycles. The summed E-state index contributed by atoms with van der Waals surface area (Å²) in [7, 11) is 1.33. The van der Waals surface area contributed by atoms with Gasteiger partial charge in [0.05, 0.1) is 13.7 Å². The number of esters is 1. The number of unbranched alkanes of at least 4 members (excludes halogenated alkanes) is 5. The minimum atomic E-state index is -0.840. The smallest absolute Gasteiger partial charge is 0.346 e. The number of carbonyl (C=O) groups excluding carboxylic acids is 1. The highest BCUT2D eigenvalue weighted by Gasteiger charge is 2.19. The summed E-state index contributed by atoms with van der Waals surface area (Å²) in [6.07, 6.45) is 6.06. The van der Waals surface area contributed by atoms with Crippen LogP contribution in [0.15, 0.2) is 91.0 Å². The second-order valence-corrected chi connectivity index (χ2v) is 10.5. The molecule has 0 aliphatic heterocycles. The molecule has 4 aromatic rings.